The number of rotatable bonds is 8. The quantitative estimate of drug-likeness (QED) is 0.464. The van der Waals surface area contributed by atoms with Gasteiger partial charge in [0.25, 0.3) is 5.91 Å². The molecule has 1 atom stereocenters. The Balaban J connectivity index is 1.57. The fraction of sp³-hybridized carbons (Fsp3) is 0.296. The number of hydrogen-bond acceptors (Lipinski definition) is 4. The van der Waals surface area contributed by atoms with Crippen LogP contribution < -0.4 is 5.32 Å². The zero-order valence-corrected chi connectivity index (χ0v) is 19.7. The summed E-state index contributed by atoms with van der Waals surface area (Å²) in [6.45, 7) is 1.01. The first-order chi connectivity index (χ1) is 15.5. The van der Waals surface area contributed by atoms with E-state index in [4.69, 9.17) is 4.74 Å². The Hall–Kier alpha value is -2.89. The van der Waals surface area contributed by atoms with Crippen molar-refractivity contribution >= 4 is 27.3 Å². The molecule has 0 spiro atoms. The van der Waals surface area contributed by atoms with Gasteiger partial charge in [0.15, 0.2) is 0 Å². The molecule has 0 bridgehead atoms. The molecular formula is C27H30N2O2S. The molecule has 32 heavy (non-hydrogen) atoms. The fourth-order valence-corrected chi connectivity index (χ4v) is 5.39. The van der Waals surface area contributed by atoms with Gasteiger partial charge in [0.2, 0.25) is 0 Å². The van der Waals surface area contributed by atoms with Gasteiger partial charge in [-0.1, -0.05) is 42.5 Å². The Morgan fingerprint density at radius 3 is 2.84 bits per heavy atom. The Morgan fingerprint density at radius 2 is 2.03 bits per heavy atom. The van der Waals surface area contributed by atoms with Crippen molar-refractivity contribution in [2.24, 2.45) is 5.92 Å². The maximum atomic E-state index is 12.5. The van der Waals surface area contributed by atoms with Gasteiger partial charge in [-0.05, 0) is 59.5 Å². The Bertz CT molecular complexity index is 1160. The van der Waals surface area contributed by atoms with Gasteiger partial charge < -0.3 is 15.0 Å². The Labute approximate surface area is 194 Å². The van der Waals surface area contributed by atoms with Crippen molar-refractivity contribution in [2.45, 2.75) is 12.8 Å². The molecule has 0 radical (unpaired) electrons. The van der Waals surface area contributed by atoms with Crippen LogP contribution >= 0.6 is 11.3 Å². The van der Waals surface area contributed by atoms with Gasteiger partial charge in [-0.2, -0.15) is 0 Å². The molecule has 1 aromatic heterocycles. The molecule has 0 saturated carbocycles. The highest BCUT2D eigenvalue weighted by molar-refractivity contribution is 7.19. The van der Waals surface area contributed by atoms with E-state index < -0.39 is 0 Å². The summed E-state index contributed by atoms with van der Waals surface area (Å²) in [4.78, 5) is 16.1. The third kappa shape index (κ3) is 5.12. The number of ether oxygens (including phenoxy) is 1. The van der Waals surface area contributed by atoms with Crippen LogP contribution in [0.3, 0.4) is 0 Å². The molecule has 1 amide bonds. The highest BCUT2D eigenvalue weighted by Crippen LogP contribution is 2.37. The second kappa shape index (κ2) is 10.2. The second-order valence-electron chi connectivity index (χ2n) is 8.37. The summed E-state index contributed by atoms with van der Waals surface area (Å²) in [5, 5.41) is 4.17. The molecule has 1 aliphatic rings. The smallest absolute Gasteiger partial charge is 0.251 e. The highest BCUT2D eigenvalue weighted by atomic mass is 32.1. The van der Waals surface area contributed by atoms with E-state index in [1.807, 2.05) is 29.5 Å². The van der Waals surface area contributed by atoms with Crippen molar-refractivity contribution in [3.8, 4) is 11.1 Å². The minimum atomic E-state index is -0.0724. The lowest BCUT2D eigenvalue weighted by molar-refractivity contribution is 0.0937. The number of benzene rings is 2. The van der Waals surface area contributed by atoms with Gasteiger partial charge in [0.1, 0.15) is 0 Å². The number of carbonyl (C=O) groups excluding carboxylic acids is 1. The summed E-state index contributed by atoms with van der Waals surface area (Å²) in [7, 11) is 5.85. The minimum absolute atomic E-state index is 0.0724. The lowest BCUT2D eigenvalue weighted by Crippen LogP contribution is -2.26. The van der Waals surface area contributed by atoms with Crippen LogP contribution in [0.2, 0.25) is 0 Å². The summed E-state index contributed by atoms with van der Waals surface area (Å²) < 4.78 is 6.30. The van der Waals surface area contributed by atoms with Crippen LogP contribution in [0.1, 0.15) is 21.7 Å². The third-order valence-corrected chi connectivity index (χ3v) is 7.01. The van der Waals surface area contributed by atoms with Gasteiger partial charge in [0, 0.05) is 48.6 Å². The van der Waals surface area contributed by atoms with Crippen molar-refractivity contribution in [3.05, 3.63) is 82.9 Å². The predicted molar refractivity (Wildman–Crippen MR) is 134 cm³/mol. The lowest BCUT2D eigenvalue weighted by Gasteiger charge is -2.23. The van der Waals surface area contributed by atoms with Crippen LogP contribution in [0.4, 0.5) is 0 Å². The first kappa shape index (κ1) is 22.3. The summed E-state index contributed by atoms with van der Waals surface area (Å²) in [6, 6.07) is 16.6. The number of nitrogens with one attached hydrogen (secondary N) is 1. The number of carbonyl (C=O) groups is 1. The van der Waals surface area contributed by atoms with Gasteiger partial charge in [-0.25, -0.2) is 0 Å². The van der Waals surface area contributed by atoms with E-state index in [9.17, 15) is 4.79 Å². The zero-order chi connectivity index (χ0) is 22.5. The summed E-state index contributed by atoms with van der Waals surface area (Å²) in [5.74, 6) is 0.449. The molecule has 0 aliphatic heterocycles. The average Bonchev–Trinajstić information content (AvgIpc) is 3.22. The first-order valence-corrected chi connectivity index (χ1v) is 11.8. The molecule has 1 unspecified atom stereocenters. The van der Waals surface area contributed by atoms with E-state index in [0.717, 1.165) is 18.4 Å². The third-order valence-electron chi connectivity index (χ3n) is 5.80. The van der Waals surface area contributed by atoms with Gasteiger partial charge >= 0.3 is 0 Å². The molecule has 4 nitrogen and oxygen atoms in total. The second-order valence-corrected chi connectivity index (χ2v) is 9.51. The van der Waals surface area contributed by atoms with Gasteiger partial charge in [-0.15, -0.1) is 11.3 Å². The van der Waals surface area contributed by atoms with Crippen LogP contribution in [0, 0.1) is 5.92 Å². The average molecular weight is 447 g/mol. The van der Waals surface area contributed by atoms with E-state index in [2.05, 4.69) is 72.9 Å². The molecule has 0 fully saturated rings. The Kier molecular flexibility index (Phi) is 7.08. The molecule has 1 aliphatic carbocycles. The van der Waals surface area contributed by atoms with E-state index in [1.54, 1.807) is 7.11 Å². The Morgan fingerprint density at radius 1 is 1.19 bits per heavy atom. The van der Waals surface area contributed by atoms with Gasteiger partial charge in [0.05, 0.1) is 6.61 Å². The number of hydrogen-bond donors (Lipinski definition) is 1. The van der Waals surface area contributed by atoms with Crippen LogP contribution in [-0.4, -0.2) is 45.2 Å². The molecule has 1 heterocycles. The molecule has 1 N–H and O–H groups in total. The van der Waals surface area contributed by atoms with Crippen molar-refractivity contribution in [3.63, 3.8) is 0 Å². The van der Waals surface area contributed by atoms with Crippen molar-refractivity contribution in [1.82, 2.24) is 10.2 Å². The van der Waals surface area contributed by atoms with Crippen molar-refractivity contribution in [2.75, 3.05) is 34.4 Å². The largest absolute Gasteiger partial charge is 0.383 e. The lowest BCUT2D eigenvalue weighted by atomic mass is 9.94. The highest BCUT2D eigenvalue weighted by Gasteiger charge is 2.16. The molecule has 3 aromatic rings. The first-order valence-electron chi connectivity index (χ1n) is 11.0. The van der Waals surface area contributed by atoms with E-state index in [1.165, 1.54) is 26.2 Å². The maximum Gasteiger partial charge on any atom is 0.251 e. The van der Waals surface area contributed by atoms with E-state index >= 15 is 0 Å². The molecule has 2 aromatic carbocycles. The summed E-state index contributed by atoms with van der Waals surface area (Å²) in [6.07, 6.45) is 8.83. The van der Waals surface area contributed by atoms with E-state index in [0.29, 0.717) is 24.6 Å². The molecule has 0 saturated heterocycles. The zero-order valence-electron chi connectivity index (χ0n) is 18.9. The SMILES string of the molecule is COCCNC(=O)c1cccc(-c2cccc3cc(CC4C=CC=C(N(C)C)C4)sc23)c1. The van der Waals surface area contributed by atoms with Crippen molar-refractivity contribution in [1.29, 1.82) is 0 Å². The van der Waals surface area contributed by atoms with Crippen LogP contribution in [0.5, 0.6) is 0 Å². The molecule has 4 rings (SSSR count). The number of thiophene rings is 1. The predicted octanol–water partition coefficient (Wildman–Crippen LogP) is 5.51. The van der Waals surface area contributed by atoms with Crippen LogP contribution in [0.15, 0.2) is 72.5 Å². The summed E-state index contributed by atoms with van der Waals surface area (Å²) in [5.41, 5.74) is 4.29. The standard InChI is InChI=1S/C27H30N2O2S/c1-29(2)23-11-4-7-19(15-23)16-24-18-21-9-6-12-25(26(21)32-24)20-8-5-10-22(17-20)27(30)28-13-14-31-3/h4-12,17-19H,13-16H2,1-3H3,(H,28,30). The number of fused-ring (bicyclic) bond motifs is 1. The van der Waals surface area contributed by atoms with Crippen molar-refractivity contribution < 1.29 is 9.53 Å². The number of amides is 1. The molecule has 5 heteroatoms. The van der Waals surface area contributed by atoms with Crippen LogP contribution in [-0.2, 0) is 11.2 Å². The normalized spacial score (nSPS) is 15.6. The summed E-state index contributed by atoms with van der Waals surface area (Å²) >= 11 is 1.87. The molecular weight excluding hydrogens is 416 g/mol. The topological polar surface area (TPSA) is 41.6 Å². The van der Waals surface area contributed by atoms with Gasteiger partial charge in [-0.3, -0.25) is 4.79 Å². The number of methoxy groups -OCH3 is 1. The van der Waals surface area contributed by atoms with Crippen LogP contribution in [0.25, 0.3) is 21.2 Å². The minimum Gasteiger partial charge on any atom is -0.383 e. The molecule has 166 valence electrons. The fourth-order valence-electron chi connectivity index (χ4n) is 4.10. The maximum absolute atomic E-state index is 12.5. The van der Waals surface area contributed by atoms with E-state index in [-0.39, 0.29) is 5.91 Å². The number of nitrogens with zero attached hydrogens (tertiary/aromatic N) is 1. The monoisotopic (exact) mass is 446 g/mol. The number of allylic oxidation sites excluding steroid dienone is 4.